The van der Waals surface area contributed by atoms with E-state index >= 15 is 0 Å². The van der Waals surface area contributed by atoms with Gasteiger partial charge in [-0.15, -0.1) is 0 Å². The van der Waals surface area contributed by atoms with Crippen LogP contribution in [0.25, 0.3) is 0 Å². The second kappa shape index (κ2) is 11.4. The standard InChI is InChI=1S/C36H38N4O5/c1-9-20-16(3)23-13-25-18(5)22(11-12-29(41)44-7)33(39-25)31-32(36(43)45-8)35(42)30-19(6)26(40-34(30)31)15-28-21(10-2)17(4)24(38-28)14-27(20)37-23/h13-15,18,22,32H,9-12H2,1-8H3/t18-,22-,32+/m0/s1. The van der Waals surface area contributed by atoms with Crippen molar-refractivity contribution in [3.05, 3.63) is 80.0 Å². The fourth-order valence-corrected chi connectivity index (χ4v) is 7.25. The lowest BCUT2D eigenvalue weighted by Gasteiger charge is -2.19. The highest BCUT2D eigenvalue weighted by Crippen LogP contribution is 2.47. The highest BCUT2D eigenvalue weighted by atomic mass is 16.5. The first-order chi connectivity index (χ1) is 21.5. The van der Waals surface area contributed by atoms with Gasteiger partial charge in [0.25, 0.3) is 0 Å². The number of allylic oxidation sites excluding steroid dienone is 10. The lowest BCUT2D eigenvalue weighted by molar-refractivity contribution is -0.146. The van der Waals surface area contributed by atoms with Gasteiger partial charge in [-0.3, -0.25) is 19.4 Å². The SMILES string of the molecule is CCC1=C(C)C2=CC3=NC(=C4C5=NC(=CC6=NC(=CC1=N2)C(C)=C6CC)C(C)=C5C(=O)[C@@H]4C(=O)OC)[C@@H](CCC(=O)OC)[C@@H]3C. The Morgan fingerprint density at radius 1 is 0.800 bits per heavy atom. The van der Waals surface area contributed by atoms with Gasteiger partial charge in [0.2, 0.25) is 0 Å². The molecular weight excluding hydrogens is 568 g/mol. The van der Waals surface area contributed by atoms with Crippen LogP contribution in [-0.4, -0.2) is 54.8 Å². The van der Waals surface area contributed by atoms with Crippen LogP contribution in [0.3, 0.4) is 0 Å². The normalized spacial score (nSPS) is 25.4. The molecule has 1 fully saturated rings. The Morgan fingerprint density at radius 2 is 1.38 bits per heavy atom. The molecule has 1 saturated carbocycles. The van der Waals surface area contributed by atoms with Crippen molar-refractivity contribution in [2.45, 2.75) is 67.2 Å². The Hall–Kier alpha value is -4.53. The number of hydrogen-bond donors (Lipinski definition) is 0. The van der Waals surface area contributed by atoms with Gasteiger partial charge in [-0.1, -0.05) is 20.8 Å². The molecule has 0 saturated heterocycles. The van der Waals surface area contributed by atoms with Gasteiger partial charge in [0.1, 0.15) is 5.92 Å². The zero-order chi connectivity index (χ0) is 32.3. The van der Waals surface area contributed by atoms with Crippen molar-refractivity contribution in [3.8, 4) is 0 Å². The molecule has 0 radical (unpaired) electrons. The number of nitrogens with zero attached hydrogens (tertiary/aromatic N) is 4. The zero-order valence-corrected chi connectivity index (χ0v) is 27.1. The molecule has 232 valence electrons. The highest BCUT2D eigenvalue weighted by Gasteiger charge is 2.51. The number of carbonyl (C=O) groups is 3. The molecule has 45 heavy (non-hydrogen) atoms. The molecule has 5 heterocycles. The van der Waals surface area contributed by atoms with Crippen molar-refractivity contribution >= 4 is 40.6 Å². The number of ether oxygens (including phenoxy) is 2. The van der Waals surface area contributed by atoms with Crippen molar-refractivity contribution < 1.29 is 23.9 Å². The van der Waals surface area contributed by atoms with Crippen molar-refractivity contribution in [2.75, 3.05) is 14.2 Å². The summed E-state index contributed by atoms with van der Waals surface area (Å²) in [5.74, 6) is -2.92. The van der Waals surface area contributed by atoms with E-state index in [1.165, 1.54) is 14.2 Å². The number of ketones is 1. The topological polar surface area (TPSA) is 119 Å². The fraction of sp³-hybridized carbons (Fsp3) is 0.417. The van der Waals surface area contributed by atoms with Gasteiger partial charge in [-0.25, -0.2) is 15.0 Å². The lowest BCUT2D eigenvalue weighted by Crippen LogP contribution is -2.25. The van der Waals surface area contributed by atoms with Crippen LogP contribution < -0.4 is 0 Å². The number of hydrogen-bond acceptors (Lipinski definition) is 9. The minimum atomic E-state index is -1.19. The number of esters is 2. The van der Waals surface area contributed by atoms with Crippen LogP contribution in [0.4, 0.5) is 0 Å². The second-order valence-electron chi connectivity index (χ2n) is 12.1. The Kier molecular flexibility index (Phi) is 7.75. The van der Waals surface area contributed by atoms with Crippen LogP contribution in [0.1, 0.15) is 67.2 Å². The van der Waals surface area contributed by atoms with Gasteiger partial charge in [0.05, 0.1) is 54.1 Å². The average Bonchev–Trinajstić information content (AvgIpc) is 3.76. The number of methoxy groups -OCH3 is 2. The number of Topliss-reactive ketones (excluding diaryl/α,β-unsaturated/α-hetero) is 1. The summed E-state index contributed by atoms with van der Waals surface area (Å²) in [6.07, 6.45) is 8.19. The molecule has 0 aromatic heterocycles. The van der Waals surface area contributed by atoms with Gasteiger partial charge < -0.3 is 9.47 Å². The van der Waals surface area contributed by atoms with Crippen LogP contribution in [-0.2, 0) is 23.9 Å². The summed E-state index contributed by atoms with van der Waals surface area (Å²) >= 11 is 0. The van der Waals surface area contributed by atoms with E-state index in [9.17, 15) is 14.4 Å². The minimum absolute atomic E-state index is 0.130. The number of rotatable bonds is 6. The molecule has 0 amide bonds. The summed E-state index contributed by atoms with van der Waals surface area (Å²) in [6, 6.07) is 0. The molecule has 0 spiro atoms. The number of fused-ring (bicyclic) bond motifs is 4. The molecule has 0 aromatic carbocycles. The van der Waals surface area contributed by atoms with E-state index in [0.717, 1.165) is 63.7 Å². The largest absolute Gasteiger partial charge is 0.469 e. The van der Waals surface area contributed by atoms with E-state index in [0.29, 0.717) is 40.2 Å². The first-order valence-electron chi connectivity index (χ1n) is 15.6. The molecule has 9 heteroatoms. The average molecular weight is 607 g/mol. The third-order valence-electron chi connectivity index (χ3n) is 9.86. The molecule has 8 bridgehead atoms. The van der Waals surface area contributed by atoms with E-state index in [2.05, 4.69) is 40.7 Å². The zero-order valence-electron chi connectivity index (χ0n) is 27.1. The summed E-state index contributed by atoms with van der Waals surface area (Å²) in [6.45, 7) is 12.3. The molecule has 6 aliphatic rings. The molecular formula is C36H38N4O5. The third-order valence-corrected chi connectivity index (χ3v) is 9.86. The van der Waals surface area contributed by atoms with E-state index in [4.69, 9.17) is 29.4 Å². The van der Waals surface area contributed by atoms with Crippen molar-refractivity contribution in [3.63, 3.8) is 0 Å². The van der Waals surface area contributed by atoms with Gasteiger partial charge in [0.15, 0.2) is 5.78 Å². The minimum Gasteiger partial charge on any atom is -0.469 e. The summed E-state index contributed by atoms with van der Waals surface area (Å²) in [4.78, 5) is 59.9. The molecule has 0 unspecified atom stereocenters. The summed E-state index contributed by atoms with van der Waals surface area (Å²) in [5.41, 5.74) is 11.8. The molecule has 5 aliphatic heterocycles. The molecule has 1 aliphatic carbocycles. The van der Waals surface area contributed by atoms with E-state index in [-0.39, 0.29) is 30.0 Å². The summed E-state index contributed by atoms with van der Waals surface area (Å²) in [7, 11) is 2.65. The second-order valence-corrected chi connectivity index (χ2v) is 12.1. The lowest BCUT2D eigenvalue weighted by atomic mass is 9.83. The smallest absolute Gasteiger partial charge is 0.321 e. The van der Waals surface area contributed by atoms with Crippen LogP contribution in [0.15, 0.2) is 100.0 Å². The number of aliphatic imine (C=N–C) groups is 4. The maximum atomic E-state index is 14.0. The molecule has 0 N–H and O–H groups in total. The van der Waals surface area contributed by atoms with Crippen LogP contribution in [0, 0.1) is 17.8 Å². The van der Waals surface area contributed by atoms with Crippen LogP contribution in [0.5, 0.6) is 0 Å². The van der Waals surface area contributed by atoms with Gasteiger partial charge in [0, 0.05) is 35.1 Å². The van der Waals surface area contributed by atoms with E-state index < -0.39 is 11.9 Å². The monoisotopic (exact) mass is 606 g/mol. The highest BCUT2D eigenvalue weighted by molar-refractivity contribution is 6.42. The van der Waals surface area contributed by atoms with Crippen molar-refractivity contribution in [1.82, 2.24) is 0 Å². The van der Waals surface area contributed by atoms with Gasteiger partial charge in [-0.05, 0) is 86.1 Å². The van der Waals surface area contributed by atoms with E-state index in [1.807, 2.05) is 19.1 Å². The third kappa shape index (κ3) is 4.71. The van der Waals surface area contributed by atoms with Crippen LogP contribution in [0.2, 0.25) is 0 Å². The summed E-state index contributed by atoms with van der Waals surface area (Å²) in [5, 5.41) is 0. The molecule has 9 nitrogen and oxygen atoms in total. The molecule has 3 atom stereocenters. The predicted octanol–water partition coefficient (Wildman–Crippen LogP) is 6.07. The first-order valence-corrected chi connectivity index (χ1v) is 15.6. The van der Waals surface area contributed by atoms with Crippen molar-refractivity contribution in [1.29, 1.82) is 0 Å². The van der Waals surface area contributed by atoms with E-state index in [1.54, 1.807) is 0 Å². The Labute approximate surface area is 263 Å². The molecule has 0 aromatic rings. The maximum absolute atomic E-state index is 14.0. The molecule has 6 rings (SSSR count). The maximum Gasteiger partial charge on any atom is 0.321 e. The number of carbonyl (C=O) groups excluding carboxylic acids is 3. The Bertz CT molecular complexity index is 1830. The Morgan fingerprint density at radius 3 is 1.93 bits per heavy atom. The van der Waals surface area contributed by atoms with Gasteiger partial charge in [-0.2, -0.15) is 0 Å². The summed E-state index contributed by atoms with van der Waals surface area (Å²) < 4.78 is 10.1. The predicted molar refractivity (Wildman–Crippen MR) is 174 cm³/mol. The fourth-order valence-electron chi connectivity index (χ4n) is 7.25. The van der Waals surface area contributed by atoms with Crippen molar-refractivity contribution in [2.24, 2.45) is 37.7 Å². The Balaban J connectivity index is 1.67. The van der Waals surface area contributed by atoms with Crippen LogP contribution >= 0.6 is 0 Å². The quantitative estimate of drug-likeness (QED) is 0.269. The first kappa shape index (κ1) is 30.5. The van der Waals surface area contributed by atoms with Gasteiger partial charge >= 0.3 is 11.9 Å².